The van der Waals surface area contributed by atoms with Crippen LogP contribution < -0.4 is 9.80 Å². The fourth-order valence-corrected chi connectivity index (χ4v) is 9.82. The van der Waals surface area contributed by atoms with Crippen LogP contribution in [0.3, 0.4) is 0 Å². The van der Waals surface area contributed by atoms with E-state index in [1.807, 2.05) is 18.2 Å². The summed E-state index contributed by atoms with van der Waals surface area (Å²) in [4.78, 5) is 10.0. The zero-order valence-corrected chi connectivity index (χ0v) is 35.0. The van der Waals surface area contributed by atoms with Crippen LogP contribution in [0, 0.1) is 0 Å². The van der Waals surface area contributed by atoms with E-state index in [0.29, 0.717) is 11.5 Å². The number of anilines is 6. The van der Waals surface area contributed by atoms with E-state index < -0.39 is 0 Å². The fraction of sp³-hybridized carbons (Fsp3) is 0.0517. The molecule has 2 heterocycles. The van der Waals surface area contributed by atoms with E-state index in [9.17, 15) is 0 Å². The van der Waals surface area contributed by atoms with Crippen molar-refractivity contribution in [1.29, 1.82) is 0 Å². The van der Waals surface area contributed by atoms with Crippen molar-refractivity contribution in [2.75, 3.05) is 9.80 Å². The maximum absolute atomic E-state index is 6.84. The lowest BCUT2D eigenvalue weighted by Crippen LogP contribution is -2.17. The number of benzene rings is 9. The van der Waals surface area contributed by atoms with Gasteiger partial charge < -0.3 is 18.8 Å². The van der Waals surface area contributed by atoms with Gasteiger partial charge in [0, 0.05) is 56.3 Å². The highest BCUT2D eigenvalue weighted by molar-refractivity contribution is 6.11. The number of para-hydroxylation sites is 4. The molecule has 0 amide bonds. The van der Waals surface area contributed by atoms with Crippen molar-refractivity contribution >= 4 is 67.0 Å². The average molecular weight is 811 g/mol. The van der Waals surface area contributed by atoms with Gasteiger partial charge in [-0.05, 0) is 113 Å². The molecule has 0 unspecified atom stereocenters. The van der Waals surface area contributed by atoms with Crippen LogP contribution in [-0.4, -0.2) is 9.55 Å². The molecule has 0 atom stereocenters. The monoisotopic (exact) mass is 810 g/mol. The van der Waals surface area contributed by atoms with E-state index in [-0.39, 0.29) is 5.41 Å². The number of nitrogens with zero attached hydrogens (tertiary/aromatic N) is 4. The van der Waals surface area contributed by atoms with E-state index in [2.05, 4.69) is 228 Å². The molecule has 0 aliphatic heterocycles. The molecule has 0 N–H and O–H groups in total. The van der Waals surface area contributed by atoms with Gasteiger partial charge in [-0.3, -0.25) is 0 Å². The predicted octanol–water partition coefficient (Wildman–Crippen LogP) is 15.8. The largest absolute Gasteiger partial charge is 0.436 e. The van der Waals surface area contributed by atoms with E-state index in [0.717, 1.165) is 56.4 Å². The molecule has 300 valence electrons. The van der Waals surface area contributed by atoms with Crippen molar-refractivity contribution in [2.24, 2.45) is 0 Å². The summed E-state index contributed by atoms with van der Waals surface area (Å²) in [6.07, 6.45) is 0. The first-order valence-corrected chi connectivity index (χ1v) is 21.5. The summed E-state index contributed by atoms with van der Waals surface area (Å²) in [7, 11) is 0. The Hall–Kier alpha value is -8.15. The van der Waals surface area contributed by atoms with Gasteiger partial charge in [0.15, 0.2) is 5.58 Å². The molecule has 0 bridgehead atoms. The second-order valence-corrected chi connectivity index (χ2v) is 16.8. The highest BCUT2D eigenvalue weighted by atomic mass is 16.3. The Morgan fingerprint density at radius 2 is 1.03 bits per heavy atom. The standard InChI is InChI=1S/C58H42N4O/c1-58(2)50-29-17-15-27-46(50)47-33-31-44(36-51(47)58)61(41-23-11-5-12-24-41)54-37-45(38-55-56(54)59-57(63-55)39-19-7-3-8-20-39)60(40-21-9-4-10-22-40)43-32-34-53-49(35-43)48-28-16-18-30-52(48)62(53)42-25-13-6-14-26-42/h3-38H,1-2H3. The Balaban J connectivity index is 1.11. The third kappa shape index (κ3) is 5.96. The maximum Gasteiger partial charge on any atom is 0.227 e. The van der Waals surface area contributed by atoms with Crippen LogP contribution in [0.5, 0.6) is 0 Å². The van der Waals surface area contributed by atoms with Crippen LogP contribution in [0.4, 0.5) is 34.1 Å². The van der Waals surface area contributed by atoms with E-state index in [1.54, 1.807) is 0 Å². The molecule has 12 rings (SSSR count). The minimum Gasteiger partial charge on any atom is -0.436 e. The third-order valence-corrected chi connectivity index (χ3v) is 12.8. The van der Waals surface area contributed by atoms with Gasteiger partial charge in [0.1, 0.15) is 5.52 Å². The molecule has 11 aromatic rings. The van der Waals surface area contributed by atoms with Crippen molar-refractivity contribution < 1.29 is 4.42 Å². The molecule has 0 radical (unpaired) electrons. The first-order chi connectivity index (χ1) is 31.0. The number of oxazole rings is 1. The van der Waals surface area contributed by atoms with Crippen LogP contribution in [0.25, 0.3) is 61.2 Å². The first-order valence-electron chi connectivity index (χ1n) is 21.5. The van der Waals surface area contributed by atoms with Crippen LogP contribution in [-0.2, 0) is 5.41 Å². The maximum atomic E-state index is 6.84. The number of hydrogen-bond donors (Lipinski definition) is 0. The quantitative estimate of drug-likeness (QED) is 0.153. The molecule has 5 heteroatoms. The normalized spacial score (nSPS) is 12.7. The SMILES string of the molecule is CC1(C)c2ccccc2-c2ccc(N(c3ccccc3)c3cc(N(c4ccccc4)c4ccc5c(c4)c4ccccc4n5-c4ccccc4)cc4oc(-c5ccccc5)nc34)cc21. The molecule has 5 nitrogen and oxygen atoms in total. The van der Waals surface area contributed by atoms with E-state index in [4.69, 9.17) is 9.40 Å². The lowest BCUT2D eigenvalue weighted by Gasteiger charge is -2.30. The first kappa shape index (κ1) is 36.7. The number of fused-ring (bicyclic) bond motifs is 7. The summed E-state index contributed by atoms with van der Waals surface area (Å²) in [6, 6.07) is 77.7. The fourth-order valence-electron chi connectivity index (χ4n) is 9.82. The van der Waals surface area contributed by atoms with Crippen LogP contribution >= 0.6 is 0 Å². The Kier molecular flexibility index (Phi) is 8.44. The molecule has 0 fully saturated rings. The molecule has 2 aromatic heterocycles. The Morgan fingerprint density at radius 1 is 0.444 bits per heavy atom. The lowest BCUT2D eigenvalue weighted by atomic mass is 9.82. The number of rotatable bonds is 8. The molecule has 1 aliphatic rings. The smallest absolute Gasteiger partial charge is 0.227 e. The van der Waals surface area contributed by atoms with Gasteiger partial charge in [0.25, 0.3) is 0 Å². The second-order valence-electron chi connectivity index (χ2n) is 16.8. The minimum atomic E-state index is -0.178. The molecule has 63 heavy (non-hydrogen) atoms. The van der Waals surface area contributed by atoms with Gasteiger partial charge in [0.05, 0.1) is 22.4 Å². The Bertz CT molecular complexity index is 3480. The molecule has 0 spiro atoms. The highest BCUT2D eigenvalue weighted by Crippen LogP contribution is 2.52. The van der Waals surface area contributed by atoms with Gasteiger partial charge in [0.2, 0.25) is 5.89 Å². The van der Waals surface area contributed by atoms with Crippen LogP contribution in [0.15, 0.2) is 223 Å². The zero-order chi connectivity index (χ0) is 42.1. The second kappa shape index (κ2) is 14.5. The van der Waals surface area contributed by atoms with Gasteiger partial charge in [-0.15, -0.1) is 0 Å². The summed E-state index contributed by atoms with van der Waals surface area (Å²) in [5.74, 6) is 0.573. The van der Waals surface area contributed by atoms with Crippen molar-refractivity contribution in [3.63, 3.8) is 0 Å². The summed E-state index contributed by atoms with van der Waals surface area (Å²) < 4.78 is 9.20. The van der Waals surface area contributed by atoms with Crippen LogP contribution in [0.1, 0.15) is 25.0 Å². The van der Waals surface area contributed by atoms with Gasteiger partial charge in [-0.2, -0.15) is 0 Å². The van der Waals surface area contributed by atoms with Gasteiger partial charge >= 0.3 is 0 Å². The zero-order valence-electron chi connectivity index (χ0n) is 35.0. The molecule has 0 saturated heterocycles. The summed E-state index contributed by atoms with van der Waals surface area (Å²) in [5, 5.41) is 2.37. The lowest BCUT2D eigenvalue weighted by molar-refractivity contribution is 0.620. The van der Waals surface area contributed by atoms with Gasteiger partial charge in [-0.1, -0.05) is 135 Å². The van der Waals surface area contributed by atoms with Crippen molar-refractivity contribution in [2.45, 2.75) is 19.3 Å². The molecule has 0 saturated carbocycles. The van der Waals surface area contributed by atoms with E-state index in [1.165, 1.54) is 38.5 Å². The third-order valence-electron chi connectivity index (χ3n) is 12.8. The number of hydrogen-bond acceptors (Lipinski definition) is 4. The topological polar surface area (TPSA) is 37.4 Å². The summed E-state index contributed by atoms with van der Waals surface area (Å²) in [6.45, 7) is 4.67. The highest BCUT2D eigenvalue weighted by Gasteiger charge is 2.36. The van der Waals surface area contributed by atoms with Gasteiger partial charge in [-0.25, -0.2) is 4.98 Å². The molecule has 1 aliphatic carbocycles. The molecular formula is C58H42N4O. The van der Waals surface area contributed by atoms with Crippen LogP contribution in [0.2, 0.25) is 0 Å². The van der Waals surface area contributed by atoms with E-state index >= 15 is 0 Å². The Labute approximate surface area is 366 Å². The predicted molar refractivity (Wildman–Crippen MR) is 261 cm³/mol. The molecule has 9 aromatic carbocycles. The van der Waals surface area contributed by atoms with Crippen molar-refractivity contribution in [3.05, 3.63) is 230 Å². The van der Waals surface area contributed by atoms with Crippen molar-refractivity contribution in [1.82, 2.24) is 9.55 Å². The molecular weight excluding hydrogens is 769 g/mol. The number of aromatic nitrogens is 2. The van der Waals surface area contributed by atoms with Crippen molar-refractivity contribution in [3.8, 4) is 28.3 Å². The summed E-state index contributed by atoms with van der Waals surface area (Å²) >= 11 is 0. The summed E-state index contributed by atoms with van der Waals surface area (Å²) in [5.41, 5.74) is 16.9. The average Bonchev–Trinajstić information content (AvgIpc) is 3.99. The minimum absolute atomic E-state index is 0.178. The Morgan fingerprint density at radius 3 is 1.79 bits per heavy atom.